The van der Waals surface area contributed by atoms with E-state index in [1.807, 2.05) is 32.0 Å². The number of halogens is 2. The third kappa shape index (κ3) is 6.51. The van der Waals surface area contributed by atoms with Crippen molar-refractivity contribution >= 4 is 54.7 Å². The lowest BCUT2D eigenvalue weighted by molar-refractivity contribution is -0.385. The number of ether oxygens (including phenoxy) is 3. The summed E-state index contributed by atoms with van der Waals surface area (Å²) in [5.41, 5.74) is 3.25. The summed E-state index contributed by atoms with van der Waals surface area (Å²) in [5, 5.41) is 16.1. The van der Waals surface area contributed by atoms with Crippen LogP contribution in [0.5, 0.6) is 23.1 Å². The summed E-state index contributed by atoms with van der Waals surface area (Å²) in [6, 6.07) is 15.5. The second kappa shape index (κ2) is 13.8. The number of fused-ring (bicyclic) bond motifs is 1. The van der Waals surface area contributed by atoms with Gasteiger partial charge in [0.25, 0.3) is 11.2 Å². The summed E-state index contributed by atoms with van der Waals surface area (Å²) >= 11 is 7.14. The van der Waals surface area contributed by atoms with Crippen LogP contribution < -0.4 is 19.8 Å². The number of benzene rings is 3. The number of hydrogen-bond donors (Lipinski definition) is 0. The van der Waals surface area contributed by atoms with Crippen molar-refractivity contribution in [2.24, 2.45) is 5.10 Å². The lowest BCUT2D eigenvalue weighted by Crippen LogP contribution is -2.21. The van der Waals surface area contributed by atoms with Crippen molar-refractivity contribution in [3.05, 3.63) is 107 Å². The van der Waals surface area contributed by atoms with E-state index in [-0.39, 0.29) is 28.8 Å². The Morgan fingerprint density at radius 2 is 1.85 bits per heavy atom. The minimum atomic E-state index is -0.541. The number of pyridine rings is 1. The molecule has 0 N–H and O–H groups in total. The van der Waals surface area contributed by atoms with Crippen molar-refractivity contribution in [2.45, 2.75) is 33.6 Å². The highest BCUT2D eigenvalue weighted by Gasteiger charge is 2.21. The van der Waals surface area contributed by atoms with Crippen LogP contribution in [0, 0.1) is 17.0 Å². The average Bonchev–Trinajstić information content (AvgIpc) is 3.04. The van der Waals surface area contributed by atoms with Crippen molar-refractivity contribution in [3.63, 3.8) is 0 Å². The molecule has 11 nitrogen and oxygen atoms in total. The highest BCUT2D eigenvalue weighted by Crippen LogP contribution is 2.44. The van der Waals surface area contributed by atoms with Gasteiger partial charge in [-0.2, -0.15) is 9.78 Å². The molecule has 3 aromatic carbocycles. The predicted molar refractivity (Wildman–Crippen MR) is 184 cm³/mol. The molecule has 13 heteroatoms. The molecule has 0 saturated heterocycles. The Balaban J connectivity index is 1.63. The van der Waals surface area contributed by atoms with E-state index in [4.69, 9.17) is 19.2 Å². The highest BCUT2D eigenvalue weighted by molar-refractivity contribution is 9.13. The van der Waals surface area contributed by atoms with E-state index in [2.05, 4.69) is 55.8 Å². The van der Waals surface area contributed by atoms with Crippen LogP contribution in [0.25, 0.3) is 22.3 Å². The molecular formula is C33H29Br2N5O6. The largest absolute Gasteiger partial charge is 0.494 e. The number of aryl methyl sites for hydroxylation is 1. The van der Waals surface area contributed by atoms with Crippen LogP contribution >= 0.6 is 31.9 Å². The molecule has 2 aromatic heterocycles. The third-order valence-corrected chi connectivity index (χ3v) is 9.24. The molecule has 0 bridgehead atoms. The molecule has 0 unspecified atom stereocenters. The number of nitrogens with zero attached hydrogens (tertiary/aromatic N) is 5. The van der Waals surface area contributed by atoms with E-state index >= 15 is 0 Å². The van der Waals surface area contributed by atoms with Crippen LogP contribution in [0.3, 0.4) is 0 Å². The molecule has 0 aliphatic heterocycles. The first-order valence-corrected chi connectivity index (χ1v) is 15.8. The van der Waals surface area contributed by atoms with Gasteiger partial charge in [-0.1, -0.05) is 26.0 Å². The summed E-state index contributed by atoms with van der Waals surface area (Å²) < 4.78 is 19.8. The zero-order chi connectivity index (χ0) is 33.1. The van der Waals surface area contributed by atoms with Crippen LogP contribution in [0.1, 0.15) is 43.4 Å². The maximum atomic E-state index is 13.9. The maximum absolute atomic E-state index is 13.9. The summed E-state index contributed by atoms with van der Waals surface area (Å²) in [4.78, 5) is 33.3. The van der Waals surface area contributed by atoms with Crippen molar-refractivity contribution < 1.29 is 19.1 Å². The molecule has 0 atom stereocenters. The van der Waals surface area contributed by atoms with E-state index in [0.717, 1.165) is 28.6 Å². The van der Waals surface area contributed by atoms with Crippen LogP contribution in [-0.2, 0) is 0 Å². The molecule has 236 valence electrons. The Hall–Kier alpha value is -4.62. The Bertz CT molecular complexity index is 2040. The van der Waals surface area contributed by atoms with E-state index < -0.39 is 4.92 Å². The second-order valence-corrected chi connectivity index (χ2v) is 12.0. The van der Waals surface area contributed by atoms with Crippen LogP contribution in [0.4, 0.5) is 5.69 Å². The molecule has 0 radical (unpaired) electrons. The van der Waals surface area contributed by atoms with Gasteiger partial charge in [0.1, 0.15) is 11.9 Å². The molecule has 46 heavy (non-hydrogen) atoms. The summed E-state index contributed by atoms with van der Waals surface area (Å²) in [7, 11) is 1.48. The third-order valence-electron chi connectivity index (χ3n) is 7.10. The number of methoxy groups -OCH3 is 1. The lowest BCUT2D eigenvalue weighted by atomic mass is 9.96. The number of aromatic nitrogens is 3. The molecule has 2 heterocycles. The summed E-state index contributed by atoms with van der Waals surface area (Å²) in [6.07, 6.45) is 2.63. The Labute approximate surface area is 281 Å². The van der Waals surface area contributed by atoms with Crippen molar-refractivity contribution in [3.8, 4) is 34.5 Å². The molecule has 0 aliphatic carbocycles. The highest BCUT2D eigenvalue weighted by atomic mass is 79.9. The number of hydrogen-bond acceptors (Lipinski definition) is 9. The molecule has 0 spiro atoms. The molecule has 0 fully saturated rings. The molecule has 0 amide bonds. The summed E-state index contributed by atoms with van der Waals surface area (Å²) in [6.45, 7) is 8.60. The standard InChI is InChI=1S/C33H29Br2N5O6/c1-6-45-26-13-19(4)24(15-23(26)18(2)3)32-38-25-10-8-7-9-22(25)33(41)39(32)37-16-20-14-27(44-5)31(30(35)29(20)34)46-28-12-11-21(17-36-28)40(42)43/h7-18H,6H2,1-5H3. The van der Waals surface area contributed by atoms with Gasteiger partial charge in [-0.3, -0.25) is 14.9 Å². The van der Waals surface area contributed by atoms with Crippen LogP contribution in [0.15, 0.2) is 79.6 Å². The van der Waals surface area contributed by atoms with Gasteiger partial charge in [0.15, 0.2) is 17.3 Å². The molecular weight excluding hydrogens is 722 g/mol. The van der Waals surface area contributed by atoms with Crippen molar-refractivity contribution in [1.29, 1.82) is 0 Å². The monoisotopic (exact) mass is 749 g/mol. The molecule has 0 aliphatic rings. The van der Waals surface area contributed by atoms with E-state index in [1.165, 1.54) is 30.1 Å². The van der Waals surface area contributed by atoms with Gasteiger partial charge in [0, 0.05) is 27.7 Å². The minimum absolute atomic E-state index is 0.128. The fraction of sp³-hybridized carbons (Fsp3) is 0.212. The zero-order valence-electron chi connectivity index (χ0n) is 25.6. The van der Waals surface area contributed by atoms with Gasteiger partial charge in [0.2, 0.25) is 5.88 Å². The zero-order valence-corrected chi connectivity index (χ0v) is 28.7. The SMILES string of the molecule is CCOc1cc(C)c(-c2nc3ccccc3c(=O)n2N=Cc2cc(OC)c(Oc3ccc([N+](=O)[O-])cn3)c(Br)c2Br)cc1C(C)C. The summed E-state index contributed by atoms with van der Waals surface area (Å²) in [5.74, 6) is 2.07. The first-order valence-electron chi connectivity index (χ1n) is 14.2. The second-order valence-electron chi connectivity index (χ2n) is 10.4. The van der Waals surface area contributed by atoms with Gasteiger partial charge >= 0.3 is 0 Å². The molecule has 5 aromatic rings. The first-order chi connectivity index (χ1) is 22.0. The normalized spacial score (nSPS) is 11.4. The maximum Gasteiger partial charge on any atom is 0.287 e. The quantitative estimate of drug-likeness (QED) is 0.0790. The van der Waals surface area contributed by atoms with Crippen LogP contribution in [0.2, 0.25) is 0 Å². The van der Waals surface area contributed by atoms with Crippen molar-refractivity contribution in [1.82, 2.24) is 14.6 Å². The number of rotatable bonds is 10. The van der Waals surface area contributed by atoms with Crippen LogP contribution in [-0.4, -0.2) is 39.5 Å². The smallest absolute Gasteiger partial charge is 0.287 e. The first kappa shape index (κ1) is 32.8. The van der Waals surface area contributed by atoms with E-state index in [0.29, 0.717) is 43.6 Å². The minimum Gasteiger partial charge on any atom is -0.494 e. The number of nitro groups is 1. The lowest BCUT2D eigenvalue weighted by Gasteiger charge is -2.18. The topological polar surface area (TPSA) is 131 Å². The van der Waals surface area contributed by atoms with Gasteiger partial charge in [0.05, 0.1) is 40.2 Å². The van der Waals surface area contributed by atoms with Gasteiger partial charge in [-0.25, -0.2) is 9.97 Å². The Kier molecular flexibility index (Phi) is 9.82. The number of para-hydroxylation sites is 1. The average molecular weight is 751 g/mol. The van der Waals surface area contributed by atoms with E-state index in [1.54, 1.807) is 24.3 Å². The fourth-order valence-electron chi connectivity index (χ4n) is 4.79. The van der Waals surface area contributed by atoms with E-state index in [9.17, 15) is 14.9 Å². The van der Waals surface area contributed by atoms with Gasteiger partial charge < -0.3 is 14.2 Å². The Morgan fingerprint density at radius 3 is 2.50 bits per heavy atom. The van der Waals surface area contributed by atoms with Gasteiger partial charge in [-0.15, -0.1) is 0 Å². The van der Waals surface area contributed by atoms with Gasteiger partial charge in [-0.05, 0) is 93.1 Å². The molecule has 5 rings (SSSR count). The predicted octanol–water partition coefficient (Wildman–Crippen LogP) is 8.41. The molecule has 0 saturated carbocycles. The fourth-order valence-corrected chi connectivity index (χ4v) is 5.69. The van der Waals surface area contributed by atoms with Crippen molar-refractivity contribution in [2.75, 3.05) is 13.7 Å². The Morgan fingerprint density at radius 1 is 1.09 bits per heavy atom.